The molecular formula is C15H9I3O6. The van der Waals surface area contributed by atoms with E-state index in [0.29, 0.717) is 5.75 Å². The standard InChI is InChI=1S/C15H9I3O6/c16-7-3-10(17)14(11(18)4-7)24-13(20)6-23-8-1-2-9(15(21)22)12(19)5-8/h1-5,19H,6H2,(H,21,22). The van der Waals surface area contributed by atoms with Gasteiger partial charge < -0.3 is 19.7 Å². The van der Waals surface area contributed by atoms with E-state index in [9.17, 15) is 14.7 Å². The van der Waals surface area contributed by atoms with Crippen LogP contribution in [0.25, 0.3) is 0 Å². The average molecular weight is 666 g/mol. The molecule has 24 heavy (non-hydrogen) atoms. The van der Waals surface area contributed by atoms with Crippen LogP contribution < -0.4 is 9.47 Å². The molecule has 0 fully saturated rings. The Balaban J connectivity index is 2.02. The molecule has 6 nitrogen and oxygen atoms in total. The van der Waals surface area contributed by atoms with E-state index in [2.05, 4.69) is 67.8 Å². The Bertz CT molecular complexity index is 783. The number of benzene rings is 2. The molecule has 2 aromatic rings. The fourth-order valence-corrected chi connectivity index (χ4v) is 5.50. The maximum Gasteiger partial charge on any atom is 0.349 e. The van der Waals surface area contributed by atoms with Gasteiger partial charge in [-0.1, -0.05) is 0 Å². The number of phenols is 1. The number of carboxylic acid groups (broad SMARTS) is 1. The number of ether oxygens (including phenoxy) is 2. The second-order valence-corrected chi connectivity index (χ2v) is 8.02. The van der Waals surface area contributed by atoms with E-state index in [0.717, 1.165) is 16.8 Å². The Morgan fingerprint density at radius 1 is 1.04 bits per heavy atom. The number of carbonyl (C=O) groups excluding carboxylic acids is 1. The van der Waals surface area contributed by atoms with Crippen LogP contribution in [0.1, 0.15) is 10.4 Å². The number of hydrogen-bond acceptors (Lipinski definition) is 5. The molecule has 0 bridgehead atoms. The molecule has 0 spiro atoms. The van der Waals surface area contributed by atoms with Gasteiger partial charge in [0.05, 0.1) is 7.14 Å². The van der Waals surface area contributed by atoms with E-state index in [1.165, 1.54) is 12.1 Å². The Morgan fingerprint density at radius 2 is 1.67 bits per heavy atom. The molecular weight excluding hydrogens is 657 g/mol. The fraction of sp³-hybridized carbons (Fsp3) is 0.0667. The Morgan fingerprint density at radius 3 is 2.21 bits per heavy atom. The number of carboxylic acids is 1. The number of carbonyl (C=O) groups is 2. The van der Waals surface area contributed by atoms with Crippen LogP contribution in [-0.2, 0) is 4.79 Å². The quantitative estimate of drug-likeness (QED) is 0.286. The van der Waals surface area contributed by atoms with E-state index in [1.807, 2.05) is 12.1 Å². The summed E-state index contributed by atoms with van der Waals surface area (Å²) in [6, 6.07) is 7.46. The number of aromatic hydroxyl groups is 1. The molecule has 126 valence electrons. The molecule has 2 aromatic carbocycles. The lowest BCUT2D eigenvalue weighted by Crippen LogP contribution is -2.18. The van der Waals surface area contributed by atoms with Gasteiger partial charge in [0.15, 0.2) is 12.4 Å². The van der Waals surface area contributed by atoms with Gasteiger partial charge in [0.1, 0.15) is 17.1 Å². The number of esters is 1. The van der Waals surface area contributed by atoms with Gasteiger partial charge in [-0.05, 0) is 92.0 Å². The number of hydrogen-bond donors (Lipinski definition) is 2. The summed E-state index contributed by atoms with van der Waals surface area (Å²) in [6.45, 7) is -0.371. The zero-order valence-corrected chi connectivity index (χ0v) is 18.2. The summed E-state index contributed by atoms with van der Waals surface area (Å²) in [5.74, 6) is -1.65. The van der Waals surface area contributed by atoms with Crippen molar-refractivity contribution >= 4 is 79.7 Å². The van der Waals surface area contributed by atoms with Crippen LogP contribution in [0.15, 0.2) is 30.3 Å². The van der Waals surface area contributed by atoms with E-state index in [-0.39, 0.29) is 17.9 Å². The molecule has 0 amide bonds. The van der Waals surface area contributed by atoms with Crippen LogP contribution in [0.3, 0.4) is 0 Å². The zero-order valence-electron chi connectivity index (χ0n) is 11.8. The van der Waals surface area contributed by atoms with Gasteiger partial charge in [-0.25, -0.2) is 9.59 Å². The summed E-state index contributed by atoms with van der Waals surface area (Å²) >= 11 is 6.34. The Labute approximate surface area is 178 Å². The summed E-state index contributed by atoms with van der Waals surface area (Å²) < 4.78 is 13.2. The topological polar surface area (TPSA) is 93.1 Å². The lowest BCUT2D eigenvalue weighted by Gasteiger charge is -2.10. The number of aromatic carboxylic acids is 1. The van der Waals surface area contributed by atoms with Gasteiger partial charge in [0.25, 0.3) is 0 Å². The fourth-order valence-electron chi connectivity index (χ4n) is 1.69. The van der Waals surface area contributed by atoms with Crippen LogP contribution >= 0.6 is 67.8 Å². The first kappa shape index (κ1) is 19.5. The smallest absolute Gasteiger partial charge is 0.349 e. The molecule has 0 aliphatic heterocycles. The lowest BCUT2D eigenvalue weighted by molar-refractivity contribution is -0.136. The molecule has 0 aliphatic rings. The van der Waals surface area contributed by atoms with E-state index < -0.39 is 17.7 Å². The van der Waals surface area contributed by atoms with Crippen molar-refractivity contribution in [1.82, 2.24) is 0 Å². The monoisotopic (exact) mass is 666 g/mol. The molecule has 2 N–H and O–H groups in total. The van der Waals surface area contributed by atoms with Crippen LogP contribution in [0.4, 0.5) is 0 Å². The zero-order chi connectivity index (χ0) is 17.9. The highest BCUT2D eigenvalue weighted by Gasteiger charge is 2.15. The first-order valence-corrected chi connectivity index (χ1v) is 9.56. The molecule has 0 heterocycles. The minimum atomic E-state index is -1.25. The van der Waals surface area contributed by atoms with Crippen molar-refractivity contribution in [3.05, 3.63) is 46.6 Å². The van der Waals surface area contributed by atoms with Crippen molar-refractivity contribution in [2.45, 2.75) is 0 Å². The molecule has 0 saturated carbocycles. The third kappa shape index (κ3) is 5.08. The highest BCUT2D eigenvalue weighted by atomic mass is 127. The van der Waals surface area contributed by atoms with Crippen molar-refractivity contribution in [1.29, 1.82) is 0 Å². The normalized spacial score (nSPS) is 10.3. The average Bonchev–Trinajstić information content (AvgIpc) is 2.48. The molecule has 0 aromatic heterocycles. The molecule has 2 rings (SSSR count). The summed E-state index contributed by atoms with van der Waals surface area (Å²) in [4.78, 5) is 22.7. The Hall–Kier alpha value is -0.830. The highest BCUT2D eigenvalue weighted by molar-refractivity contribution is 14.1. The first-order chi connectivity index (χ1) is 11.3. The first-order valence-electron chi connectivity index (χ1n) is 6.32. The molecule has 0 atom stereocenters. The van der Waals surface area contributed by atoms with E-state index in [1.54, 1.807) is 0 Å². The van der Waals surface area contributed by atoms with Gasteiger partial charge in [-0.15, -0.1) is 0 Å². The third-order valence-corrected chi connectivity index (χ3v) is 4.96. The van der Waals surface area contributed by atoms with Gasteiger partial charge in [-0.3, -0.25) is 0 Å². The van der Waals surface area contributed by atoms with Crippen molar-refractivity contribution in [2.75, 3.05) is 6.61 Å². The highest BCUT2D eigenvalue weighted by Crippen LogP contribution is 2.30. The van der Waals surface area contributed by atoms with E-state index in [4.69, 9.17) is 14.6 Å². The van der Waals surface area contributed by atoms with Crippen LogP contribution in [-0.4, -0.2) is 28.8 Å². The van der Waals surface area contributed by atoms with Crippen LogP contribution in [0.5, 0.6) is 17.2 Å². The SMILES string of the molecule is O=C(COc1ccc(C(=O)O)c(O)c1)Oc1c(I)cc(I)cc1I. The molecule has 0 saturated heterocycles. The van der Waals surface area contributed by atoms with Crippen molar-refractivity contribution in [2.24, 2.45) is 0 Å². The second-order valence-electron chi connectivity index (χ2n) is 4.45. The van der Waals surface area contributed by atoms with Crippen molar-refractivity contribution in [3.8, 4) is 17.2 Å². The van der Waals surface area contributed by atoms with Gasteiger partial charge >= 0.3 is 11.9 Å². The summed E-state index contributed by atoms with van der Waals surface area (Å²) in [5.41, 5.74) is -0.243. The summed E-state index contributed by atoms with van der Waals surface area (Å²) in [5, 5.41) is 18.4. The minimum Gasteiger partial charge on any atom is -0.507 e. The lowest BCUT2D eigenvalue weighted by atomic mass is 10.2. The van der Waals surface area contributed by atoms with Gasteiger partial charge in [-0.2, -0.15) is 0 Å². The Kier molecular flexibility index (Phi) is 6.91. The summed E-state index contributed by atoms with van der Waals surface area (Å²) in [6.07, 6.45) is 0. The largest absolute Gasteiger partial charge is 0.507 e. The van der Waals surface area contributed by atoms with Gasteiger partial charge in [0.2, 0.25) is 0 Å². The van der Waals surface area contributed by atoms with Crippen molar-refractivity contribution in [3.63, 3.8) is 0 Å². The summed E-state index contributed by atoms with van der Waals surface area (Å²) in [7, 11) is 0. The maximum absolute atomic E-state index is 11.9. The number of rotatable bonds is 5. The maximum atomic E-state index is 11.9. The predicted octanol–water partition coefficient (Wildman–Crippen LogP) is 3.89. The minimum absolute atomic E-state index is 0.168. The molecule has 0 radical (unpaired) electrons. The predicted molar refractivity (Wildman–Crippen MR) is 111 cm³/mol. The van der Waals surface area contributed by atoms with Crippen molar-refractivity contribution < 1.29 is 29.3 Å². The number of halogens is 3. The molecule has 0 unspecified atom stereocenters. The van der Waals surface area contributed by atoms with Crippen LogP contribution in [0, 0.1) is 10.7 Å². The molecule has 0 aliphatic carbocycles. The van der Waals surface area contributed by atoms with Gasteiger partial charge in [0, 0.05) is 9.64 Å². The van der Waals surface area contributed by atoms with Crippen LogP contribution in [0.2, 0.25) is 0 Å². The third-order valence-electron chi connectivity index (χ3n) is 2.74. The molecule has 9 heteroatoms. The second kappa shape index (κ2) is 8.51. The van der Waals surface area contributed by atoms with E-state index >= 15 is 0 Å².